The third kappa shape index (κ3) is 2.98. The van der Waals surface area contributed by atoms with E-state index in [1.807, 2.05) is 20.0 Å². The maximum atomic E-state index is 14.0. The number of likely N-dealkylation sites (tertiary alicyclic amines) is 1. The van der Waals surface area contributed by atoms with E-state index in [1.165, 1.54) is 7.11 Å². The average molecular weight is 333 g/mol. The van der Waals surface area contributed by atoms with E-state index in [0.717, 1.165) is 42.1 Å². The monoisotopic (exact) mass is 333 g/mol. The van der Waals surface area contributed by atoms with Crippen LogP contribution in [0.2, 0.25) is 0 Å². The van der Waals surface area contributed by atoms with Gasteiger partial charge in [0.2, 0.25) is 5.88 Å². The van der Waals surface area contributed by atoms with Crippen LogP contribution >= 0.6 is 0 Å². The predicted octanol–water partition coefficient (Wildman–Crippen LogP) is 3.22. The molecule has 5 nitrogen and oxygen atoms in total. The van der Waals surface area contributed by atoms with E-state index in [1.54, 1.807) is 23.9 Å². The highest BCUT2D eigenvalue weighted by molar-refractivity contribution is 5.35. The van der Waals surface area contributed by atoms with Gasteiger partial charge in [0.15, 0.2) is 11.6 Å². The average Bonchev–Trinajstić information content (AvgIpc) is 3.10. The minimum Gasteiger partial charge on any atom is -0.494 e. The predicted molar refractivity (Wildman–Crippen MR) is 89.8 cm³/mol. The van der Waals surface area contributed by atoms with Crippen molar-refractivity contribution < 1.29 is 13.9 Å². The van der Waals surface area contributed by atoms with Crippen LogP contribution < -0.4 is 9.47 Å². The number of aryl methyl sites for hydroxylation is 2. The molecule has 2 heterocycles. The summed E-state index contributed by atoms with van der Waals surface area (Å²) in [5.41, 5.74) is 3.08. The maximum absolute atomic E-state index is 14.0. The lowest BCUT2D eigenvalue weighted by molar-refractivity contribution is 0.240. The van der Waals surface area contributed by atoms with E-state index < -0.39 is 0 Å². The van der Waals surface area contributed by atoms with Crippen LogP contribution in [-0.4, -0.2) is 35.4 Å². The van der Waals surface area contributed by atoms with E-state index in [-0.39, 0.29) is 17.6 Å². The summed E-state index contributed by atoms with van der Waals surface area (Å²) < 4.78 is 26.3. The van der Waals surface area contributed by atoms with E-state index >= 15 is 0 Å². The van der Waals surface area contributed by atoms with Crippen molar-refractivity contribution in [3.05, 3.63) is 40.8 Å². The van der Waals surface area contributed by atoms with Crippen molar-refractivity contribution in [3.63, 3.8) is 0 Å². The Morgan fingerprint density at radius 2 is 2.08 bits per heavy atom. The first-order valence-electron chi connectivity index (χ1n) is 8.19. The van der Waals surface area contributed by atoms with Gasteiger partial charge in [0.05, 0.1) is 25.5 Å². The highest BCUT2D eigenvalue weighted by atomic mass is 19.1. The first-order valence-corrected chi connectivity index (χ1v) is 8.19. The molecular weight excluding hydrogens is 309 g/mol. The summed E-state index contributed by atoms with van der Waals surface area (Å²) in [6.45, 7) is 3.69. The Morgan fingerprint density at radius 3 is 2.75 bits per heavy atom. The zero-order valence-corrected chi connectivity index (χ0v) is 14.7. The Bertz CT molecular complexity index is 729. The minimum atomic E-state index is -0.319. The van der Waals surface area contributed by atoms with Crippen LogP contribution in [0.3, 0.4) is 0 Å². The third-order valence-electron chi connectivity index (χ3n) is 4.71. The molecule has 0 bridgehead atoms. The fourth-order valence-corrected chi connectivity index (χ4v) is 3.66. The van der Waals surface area contributed by atoms with Gasteiger partial charge in [0, 0.05) is 19.6 Å². The van der Waals surface area contributed by atoms with Crippen LogP contribution in [0.4, 0.5) is 4.39 Å². The molecule has 0 unspecified atom stereocenters. The molecule has 0 amide bonds. The molecule has 1 aromatic carbocycles. The fourth-order valence-electron chi connectivity index (χ4n) is 3.66. The summed E-state index contributed by atoms with van der Waals surface area (Å²) in [5.74, 6) is 0.771. The molecule has 0 N–H and O–H groups in total. The SMILES string of the molecule is COc1ccc(CN2CCC[C@@H]2c2c(C)nn(C)c2OC)cc1F. The Hall–Kier alpha value is -2.08. The molecule has 1 aromatic heterocycles. The minimum absolute atomic E-state index is 0.249. The zero-order chi connectivity index (χ0) is 17.3. The number of rotatable bonds is 5. The molecule has 1 saturated heterocycles. The summed E-state index contributed by atoms with van der Waals surface area (Å²) in [6.07, 6.45) is 2.17. The second-order valence-electron chi connectivity index (χ2n) is 6.23. The molecule has 2 aromatic rings. The standard InChI is InChI=1S/C18H24FN3O2/c1-12-17(18(24-4)21(2)20-12)15-6-5-9-22(15)11-13-7-8-16(23-3)14(19)10-13/h7-8,10,15H,5-6,9,11H2,1-4H3/t15-/m1/s1. The summed E-state index contributed by atoms with van der Waals surface area (Å²) in [4.78, 5) is 2.37. The van der Waals surface area contributed by atoms with E-state index in [2.05, 4.69) is 10.00 Å². The topological polar surface area (TPSA) is 39.5 Å². The Labute approximate surface area is 142 Å². The van der Waals surface area contributed by atoms with Gasteiger partial charge in [-0.3, -0.25) is 4.90 Å². The van der Waals surface area contributed by atoms with Crippen molar-refractivity contribution in [3.8, 4) is 11.6 Å². The molecule has 3 rings (SSSR count). The van der Waals surface area contributed by atoms with Gasteiger partial charge in [-0.15, -0.1) is 0 Å². The molecule has 24 heavy (non-hydrogen) atoms. The van der Waals surface area contributed by atoms with Crippen LogP contribution in [0.15, 0.2) is 18.2 Å². The number of benzene rings is 1. The second kappa shape index (κ2) is 6.81. The van der Waals surface area contributed by atoms with Crippen LogP contribution in [0.1, 0.15) is 35.7 Å². The zero-order valence-electron chi connectivity index (χ0n) is 14.7. The molecule has 0 aliphatic carbocycles. The van der Waals surface area contributed by atoms with Crippen molar-refractivity contribution in [2.45, 2.75) is 32.4 Å². The van der Waals surface area contributed by atoms with E-state index in [9.17, 15) is 4.39 Å². The molecular formula is C18H24FN3O2. The normalized spacial score (nSPS) is 18.1. The highest BCUT2D eigenvalue weighted by Gasteiger charge is 2.32. The summed E-state index contributed by atoms with van der Waals surface area (Å²) in [7, 11) is 5.05. The molecule has 1 aliphatic heterocycles. The number of nitrogens with zero attached hydrogens (tertiary/aromatic N) is 3. The number of hydrogen-bond donors (Lipinski definition) is 0. The lowest BCUT2D eigenvalue weighted by atomic mass is 10.0. The summed E-state index contributed by atoms with van der Waals surface area (Å²) in [5, 5.41) is 4.49. The Kier molecular flexibility index (Phi) is 4.76. The van der Waals surface area contributed by atoms with Crippen molar-refractivity contribution in [1.82, 2.24) is 14.7 Å². The molecule has 130 valence electrons. The molecule has 6 heteroatoms. The lowest BCUT2D eigenvalue weighted by Gasteiger charge is -2.25. The molecule has 1 fully saturated rings. The number of aromatic nitrogens is 2. The van der Waals surface area contributed by atoms with Gasteiger partial charge in [0.1, 0.15) is 0 Å². The van der Waals surface area contributed by atoms with Crippen LogP contribution in [0, 0.1) is 12.7 Å². The molecule has 1 aliphatic rings. The van der Waals surface area contributed by atoms with Gasteiger partial charge in [0.25, 0.3) is 0 Å². The van der Waals surface area contributed by atoms with Gasteiger partial charge in [-0.1, -0.05) is 6.07 Å². The number of ether oxygens (including phenoxy) is 2. The molecule has 0 radical (unpaired) electrons. The van der Waals surface area contributed by atoms with Gasteiger partial charge < -0.3 is 9.47 Å². The first-order chi connectivity index (χ1) is 11.5. The molecule has 0 saturated carbocycles. The van der Waals surface area contributed by atoms with Crippen molar-refractivity contribution in [2.75, 3.05) is 20.8 Å². The number of hydrogen-bond acceptors (Lipinski definition) is 4. The van der Waals surface area contributed by atoms with Crippen molar-refractivity contribution in [2.24, 2.45) is 7.05 Å². The van der Waals surface area contributed by atoms with Gasteiger partial charge in [-0.2, -0.15) is 5.10 Å². The third-order valence-corrected chi connectivity index (χ3v) is 4.71. The van der Waals surface area contributed by atoms with Crippen LogP contribution in [-0.2, 0) is 13.6 Å². The van der Waals surface area contributed by atoms with E-state index in [0.29, 0.717) is 6.54 Å². The maximum Gasteiger partial charge on any atom is 0.216 e. The summed E-state index contributed by atoms with van der Waals surface area (Å²) in [6, 6.07) is 5.41. The highest BCUT2D eigenvalue weighted by Crippen LogP contribution is 2.39. The fraction of sp³-hybridized carbons (Fsp3) is 0.500. The Morgan fingerprint density at radius 1 is 1.29 bits per heavy atom. The smallest absolute Gasteiger partial charge is 0.216 e. The number of methoxy groups -OCH3 is 2. The largest absolute Gasteiger partial charge is 0.494 e. The van der Waals surface area contributed by atoms with Crippen molar-refractivity contribution >= 4 is 0 Å². The molecule has 1 atom stereocenters. The van der Waals surface area contributed by atoms with Crippen molar-refractivity contribution in [1.29, 1.82) is 0 Å². The van der Waals surface area contributed by atoms with Gasteiger partial charge >= 0.3 is 0 Å². The number of halogens is 1. The van der Waals surface area contributed by atoms with Gasteiger partial charge in [-0.25, -0.2) is 9.07 Å². The second-order valence-corrected chi connectivity index (χ2v) is 6.23. The quantitative estimate of drug-likeness (QED) is 0.842. The van der Waals surface area contributed by atoms with Crippen LogP contribution in [0.25, 0.3) is 0 Å². The lowest BCUT2D eigenvalue weighted by Crippen LogP contribution is -2.23. The molecule has 0 spiro atoms. The summed E-state index contributed by atoms with van der Waals surface area (Å²) >= 11 is 0. The Balaban J connectivity index is 1.85. The van der Waals surface area contributed by atoms with E-state index in [4.69, 9.17) is 9.47 Å². The first kappa shape index (κ1) is 16.8. The van der Waals surface area contributed by atoms with Gasteiger partial charge in [-0.05, 0) is 44.0 Å². The van der Waals surface area contributed by atoms with Crippen LogP contribution in [0.5, 0.6) is 11.6 Å².